The van der Waals surface area contributed by atoms with Gasteiger partial charge in [-0.1, -0.05) is 0 Å². The summed E-state index contributed by atoms with van der Waals surface area (Å²) in [5.74, 6) is -0.0184. The monoisotopic (exact) mass is 264 g/mol. The van der Waals surface area contributed by atoms with Crippen LogP contribution in [0.25, 0.3) is 10.1 Å². The van der Waals surface area contributed by atoms with Gasteiger partial charge in [0.25, 0.3) is 0 Å². The van der Waals surface area contributed by atoms with Crippen LogP contribution in [0.1, 0.15) is 5.56 Å². The highest BCUT2D eigenvalue weighted by Gasteiger charge is 2.37. The molecule has 0 aliphatic heterocycles. The quantitative estimate of drug-likeness (QED) is 0.773. The summed E-state index contributed by atoms with van der Waals surface area (Å²) in [6.45, 7) is 0. The van der Waals surface area contributed by atoms with E-state index in [2.05, 4.69) is 0 Å². The molecule has 1 nitrogen and oxygen atoms in total. The van der Waals surface area contributed by atoms with Gasteiger partial charge in [0.15, 0.2) is 0 Å². The number of phenolic OH excluding ortho intramolecular Hbond substituents is 1. The number of rotatable bonds is 1. The van der Waals surface area contributed by atoms with Gasteiger partial charge in [0, 0.05) is 10.1 Å². The number of alkyl halides is 3. The first-order valence-corrected chi connectivity index (χ1v) is 6.34. The Kier molecular flexibility index (Phi) is 2.79. The predicted octanol–water partition coefficient (Wildman–Crippen LogP) is 4.35. The van der Waals surface area contributed by atoms with Crippen molar-refractivity contribution in [1.82, 2.24) is 0 Å². The molecule has 0 spiro atoms. The maximum absolute atomic E-state index is 12.8. The van der Waals surface area contributed by atoms with Crippen molar-refractivity contribution in [1.29, 1.82) is 0 Å². The topological polar surface area (TPSA) is 20.2 Å². The van der Waals surface area contributed by atoms with Gasteiger partial charge < -0.3 is 5.11 Å². The molecule has 1 aromatic carbocycles. The lowest BCUT2D eigenvalue weighted by atomic mass is 10.1. The molecule has 86 valence electrons. The van der Waals surface area contributed by atoms with Crippen molar-refractivity contribution >= 4 is 33.2 Å². The van der Waals surface area contributed by atoms with Gasteiger partial charge in [-0.15, -0.1) is 23.1 Å². The fourth-order valence-electron chi connectivity index (χ4n) is 1.48. The van der Waals surface area contributed by atoms with Crippen molar-refractivity contribution in [3.8, 4) is 5.75 Å². The Morgan fingerprint density at radius 1 is 1.31 bits per heavy atom. The molecule has 0 atom stereocenters. The second-order valence-electron chi connectivity index (χ2n) is 3.15. The fraction of sp³-hybridized carbons (Fsp3) is 0.200. The van der Waals surface area contributed by atoms with Crippen LogP contribution in [0.3, 0.4) is 0 Å². The standard InChI is InChI=1S/C10H7F3OS2/c1-15-9-8(10(11,12)13)6-3-2-5(14)4-7(6)16-9/h2-4,14H,1H3. The van der Waals surface area contributed by atoms with Crippen LogP contribution in [0.2, 0.25) is 0 Å². The molecular formula is C10H7F3OS2. The van der Waals surface area contributed by atoms with E-state index in [4.69, 9.17) is 0 Å². The summed E-state index contributed by atoms with van der Waals surface area (Å²) in [4.78, 5) is 0. The zero-order valence-electron chi connectivity index (χ0n) is 8.13. The number of hydrogen-bond acceptors (Lipinski definition) is 3. The number of halogens is 3. The fourth-order valence-corrected chi connectivity index (χ4v) is 3.49. The van der Waals surface area contributed by atoms with Crippen LogP contribution < -0.4 is 0 Å². The number of aromatic hydroxyl groups is 1. The summed E-state index contributed by atoms with van der Waals surface area (Å²) in [6.07, 6.45) is -2.74. The zero-order chi connectivity index (χ0) is 11.9. The molecule has 0 amide bonds. The minimum atomic E-state index is -4.35. The van der Waals surface area contributed by atoms with E-state index < -0.39 is 11.7 Å². The average molecular weight is 264 g/mol. The van der Waals surface area contributed by atoms with E-state index in [1.807, 2.05) is 0 Å². The normalized spacial score (nSPS) is 12.2. The first-order chi connectivity index (χ1) is 7.43. The molecule has 0 radical (unpaired) electrons. The van der Waals surface area contributed by atoms with Crippen LogP contribution in [0.4, 0.5) is 13.2 Å². The smallest absolute Gasteiger partial charge is 0.418 e. The van der Waals surface area contributed by atoms with Crippen LogP contribution in [-0.4, -0.2) is 11.4 Å². The highest BCUT2D eigenvalue weighted by atomic mass is 32.2. The Hall–Kier alpha value is -0.880. The van der Waals surface area contributed by atoms with Crippen LogP contribution in [0.15, 0.2) is 22.4 Å². The molecule has 0 aliphatic carbocycles. The summed E-state index contributed by atoms with van der Waals surface area (Å²) in [5.41, 5.74) is -0.597. The summed E-state index contributed by atoms with van der Waals surface area (Å²) in [7, 11) is 0. The molecule has 6 heteroatoms. The van der Waals surface area contributed by atoms with Gasteiger partial charge in [0.1, 0.15) is 5.75 Å². The molecule has 1 N–H and O–H groups in total. The van der Waals surface area contributed by atoms with E-state index in [1.54, 1.807) is 6.26 Å². The molecule has 0 fully saturated rings. The van der Waals surface area contributed by atoms with Crippen LogP contribution in [0.5, 0.6) is 5.75 Å². The van der Waals surface area contributed by atoms with E-state index in [9.17, 15) is 18.3 Å². The molecule has 0 unspecified atom stereocenters. The predicted molar refractivity (Wildman–Crippen MR) is 60.3 cm³/mol. The molecule has 2 aromatic rings. The Bertz CT molecular complexity index is 531. The third-order valence-electron chi connectivity index (χ3n) is 2.11. The van der Waals surface area contributed by atoms with Crippen LogP contribution in [0, 0.1) is 0 Å². The molecular weight excluding hydrogens is 257 g/mol. The molecule has 0 saturated heterocycles. The van der Waals surface area contributed by atoms with E-state index in [-0.39, 0.29) is 15.3 Å². The largest absolute Gasteiger partial charge is 0.508 e. The van der Waals surface area contributed by atoms with Crippen LogP contribution in [-0.2, 0) is 6.18 Å². The molecule has 1 aromatic heterocycles. The number of thiophene rings is 1. The number of phenols is 1. The first kappa shape index (κ1) is 11.6. The van der Waals surface area contributed by atoms with Crippen molar-refractivity contribution in [2.24, 2.45) is 0 Å². The van der Waals surface area contributed by atoms with Crippen LogP contribution >= 0.6 is 23.1 Å². The maximum Gasteiger partial charge on any atom is 0.418 e. The first-order valence-electron chi connectivity index (χ1n) is 4.30. The summed E-state index contributed by atoms with van der Waals surface area (Å²) < 4.78 is 39.2. The number of fused-ring (bicyclic) bond motifs is 1. The van der Waals surface area contributed by atoms with E-state index in [0.29, 0.717) is 4.70 Å². The van der Waals surface area contributed by atoms with Crippen molar-refractivity contribution in [2.45, 2.75) is 10.4 Å². The zero-order valence-corrected chi connectivity index (χ0v) is 9.76. The van der Waals surface area contributed by atoms with E-state index in [1.165, 1.54) is 18.2 Å². The van der Waals surface area contributed by atoms with E-state index >= 15 is 0 Å². The number of hydrogen-bond donors (Lipinski definition) is 1. The average Bonchev–Trinajstić information content (AvgIpc) is 2.54. The lowest BCUT2D eigenvalue weighted by Crippen LogP contribution is -2.04. The van der Waals surface area contributed by atoms with Crippen molar-refractivity contribution in [2.75, 3.05) is 6.26 Å². The van der Waals surface area contributed by atoms with E-state index in [0.717, 1.165) is 23.1 Å². The highest BCUT2D eigenvalue weighted by Crippen LogP contribution is 2.46. The van der Waals surface area contributed by atoms with Gasteiger partial charge in [-0.25, -0.2) is 0 Å². The molecule has 0 aliphatic rings. The lowest BCUT2D eigenvalue weighted by molar-refractivity contribution is -0.137. The van der Waals surface area contributed by atoms with Gasteiger partial charge in [0.05, 0.1) is 9.77 Å². The third-order valence-corrected chi connectivity index (χ3v) is 4.38. The molecule has 0 bridgehead atoms. The molecule has 0 saturated carbocycles. The van der Waals surface area contributed by atoms with Gasteiger partial charge in [-0.2, -0.15) is 13.2 Å². The van der Waals surface area contributed by atoms with Gasteiger partial charge in [-0.3, -0.25) is 0 Å². The maximum atomic E-state index is 12.8. The minimum Gasteiger partial charge on any atom is -0.508 e. The Morgan fingerprint density at radius 3 is 2.56 bits per heavy atom. The Balaban J connectivity index is 2.79. The number of thioether (sulfide) groups is 1. The second kappa shape index (κ2) is 3.85. The van der Waals surface area contributed by atoms with Crippen molar-refractivity contribution in [3.05, 3.63) is 23.8 Å². The molecule has 16 heavy (non-hydrogen) atoms. The lowest BCUT2D eigenvalue weighted by Gasteiger charge is -2.06. The van der Waals surface area contributed by atoms with Crippen molar-refractivity contribution < 1.29 is 18.3 Å². The molecule has 2 rings (SSSR count). The van der Waals surface area contributed by atoms with Gasteiger partial charge in [-0.05, 0) is 24.5 Å². The Labute approximate surface area is 97.9 Å². The highest BCUT2D eigenvalue weighted by molar-refractivity contribution is 8.00. The third kappa shape index (κ3) is 1.87. The van der Waals surface area contributed by atoms with Gasteiger partial charge >= 0.3 is 6.18 Å². The van der Waals surface area contributed by atoms with Gasteiger partial charge in [0.2, 0.25) is 0 Å². The Morgan fingerprint density at radius 2 is 2.00 bits per heavy atom. The molecule has 1 heterocycles. The SMILES string of the molecule is CSc1sc2cc(O)ccc2c1C(F)(F)F. The summed E-state index contributed by atoms with van der Waals surface area (Å²) in [5, 5.41) is 9.38. The summed E-state index contributed by atoms with van der Waals surface area (Å²) >= 11 is 2.12. The minimum absolute atomic E-state index is 0.0184. The number of benzene rings is 1. The summed E-state index contributed by atoms with van der Waals surface area (Å²) in [6, 6.07) is 3.94. The second-order valence-corrected chi connectivity index (χ2v) is 5.27. The van der Waals surface area contributed by atoms with Crippen molar-refractivity contribution in [3.63, 3.8) is 0 Å².